The smallest absolute Gasteiger partial charge is 0.319 e. The second-order valence-electron chi connectivity index (χ2n) is 3.87. The van der Waals surface area contributed by atoms with Gasteiger partial charge in [-0.15, -0.1) is 0 Å². The van der Waals surface area contributed by atoms with E-state index in [-0.39, 0.29) is 12.5 Å². The van der Waals surface area contributed by atoms with Crippen molar-refractivity contribution in [2.45, 2.75) is 13.5 Å². The van der Waals surface area contributed by atoms with Gasteiger partial charge in [0.15, 0.2) is 11.6 Å². The van der Waals surface area contributed by atoms with Crippen LogP contribution in [0.5, 0.6) is 0 Å². The van der Waals surface area contributed by atoms with Crippen molar-refractivity contribution >= 4 is 5.97 Å². The van der Waals surface area contributed by atoms with Crippen LogP contribution >= 0.6 is 0 Å². The summed E-state index contributed by atoms with van der Waals surface area (Å²) < 4.78 is 14.9. The van der Waals surface area contributed by atoms with Gasteiger partial charge in [0.05, 0.1) is 26.5 Å². The number of carbonyl (C=O) groups excluding carboxylic acids is 1. The highest BCUT2D eigenvalue weighted by atomic mass is 16.5. The number of hydrogen-bond donors (Lipinski definition) is 0. The molecule has 2 aromatic rings. The van der Waals surface area contributed by atoms with Crippen LogP contribution in [-0.4, -0.2) is 41.2 Å². The molecule has 0 radical (unpaired) electrons. The highest BCUT2D eigenvalue weighted by Gasteiger charge is 2.15. The largest absolute Gasteiger partial charge is 0.468 e. The molecule has 19 heavy (non-hydrogen) atoms. The molecule has 7 nitrogen and oxygen atoms in total. The number of methoxy groups -OCH3 is 1. The Labute approximate surface area is 110 Å². The highest BCUT2D eigenvalue weighted by molar-refractivity contribution is 5.71. The fourth-order valence-electron chi connectivity index (χ4n) is 1.55. The van der Waals surface area contributed by atoms with Crippen molar-refractivity contribution in [3.63, 3.8) is 0 Å². The number of rotatable bonds is 6. The first-order valence-corrected chi connectivity index (χ1v) is 5.88. The molecule has 0 bridgehead atoms. The minimum Gasteiger partial charge on any atom is -0.468 e. The molecule has 0 spiro atoms. The lowest BCUT2D eigenvalue weighted by molar-refractivity contribution is -0.142. The first-order valence-electron chi connectivity index (χ1n) is 5.88. The molecule has 2 aromatic heterocycles. The van der Waals surface area contributed by atoms with Gasteiger partial charge in [0.1, 0.15) is 0 Å². The first kappa shape index (κ1) is 13.3. The maximum Gasteiger partial charge on any atom is 0.319 e. The summed E-state index contributed by atoms with van der Waals surface area (Å²) >= 11 is 0. The van der Waals surface area contributed by atoms with E-state index < -0.39 is 0 Å². The van der Waals surface area contributed by atoms with E-state index in [0.717, 1.165) is 0 Å². The van der Waals surface area contributed by atoms with Crippen molar-refractivity contribution in [2.75, 3.05) is 20.2 Å². The van der Waals surface area contributed by atoms with Crippen LogP contribution < -0.4 is 0 Å². The second-order valence-corrected chi connectivity index (χ2v) is 3.87. The molecule has 0 aliphatic rings. The van der Waals surface area contributed by atoms with Gasteiger partial charge in [-0.05, 0) is 18.7 Å². The van der Waals surface area contributed by atoms with Crippen molar-refractivity contribution in [1.29, 1.82) is 0 Å². The van der Waals surface area contributed by atoms with Gasteiger partial charge < -0.3 is 13.7 Å². The van der Waals surface area contributed by atoms with E-state index >= 15 is 0 Å². The van der Waals surface area contributed by atoms with Crippen LogP contribution in [0.1, 0.15) is 12.7 Å². The van der Waals surface area contributed by atoms with Crippen molar-refractivity contribution in [1.82, 2.24) is 15.0 Å². The maximum atomic E-state index is 11.2. The molecule has 0 fully saturated rings. The van der Waals surface area contributed by atoms with Crippen molar-refractivity contribution < 1.29 is 18.5 Å². The monoisotopic (exact) mass is 265 g/mol. The fraction of sp³-hybridized carbons (Fsp3) is 0.417. The molecular weight excluding hydrogens is 250 g/mol. The quantitative estimate of drug-likeness (QED) is 0.728. The van der Waals surface area contributed by atoms with Crippen molar-refractivity contribution in [3.05, 3.63) is 24.2 Å². The summed E-state index contributed by atoms with van der Waals surface area (Å²) in [4.78, 5) is 17.3. The number of aromatic nitrogens is 2. The Balaban J connectivity index is 2.00. The predicted molar refractivity (Wildman–Crippen MR) is 65.0 cm³/mol. The summed E-state index contributed by atoms with van der Waals surface area (Å²) in [5.74, 6) is 1.05. The zero-order chi connectivity index (χ0) is 13.7. The molecule has 0 atom stereocenters. The Kier molecular flexibility index (Phi) is 4.30. The third kappa shape index (κ3) is 3.41. The first-order chi connectivity index (χ1) is 9.22. The number of furan rings is 1. The van der Waals surface area contributed by atoms with Gasteiger partial charge in [0, 0.05) is 0 Å². The van der Waals surface area contributed by atoms with Crippen LogP contribution in [0.4, 0.5) is 0 Å². The molecule has 0 amide bonds. The lowest BCUT2D eigenvalue weighted by Crippen LogP contribution is -2.30. The number of nitrogens with zero attached hydrogens (tertiary/aromatic N) is 3. The highest BCUT2D eigenvalue weighted by Crippen LogP contribution is 2.17. The van der Waals surface area contributed by atoms with E-state index in [0.29, 0.717) is 30.6 Å². The van der Waals surface area contributed by atoms with Crippen LogP contribution in [0.15, 0.2) is 27.3 Å². The van der Waals surface area contributed by atoms with E-state index in [9.17, 15) is 4.79 Å². The van der Waals surface area contributed by atoms with Crippen molar-refractivity contribution in [3.8, 4) is 11.7 Å². The molecule has 0 saturated carbocycles. The summed E-state index contributed by atoms with van der Waals surface area (Å²) in [7, 11) is 1.36. The van der Waals surface area contributed by atoms with Crippen LogP contribution in [0.2, 0.25) is 0 Å². The molecule has 2 rings (SSSR count). The third-order valence-corrected chi connectivity index (χ3v) is 2.59. The molecule has 0 aromatic carbocycles. The summed E-state index contributed by atoms with van der Waals surface area (Å²) in [6.45, 7) is 3.23. The molecular formula is C12H15N3O4. The maximum absolute atomic E-state index is 11.2. The SMILES string of the molecule is CCN(CC(=O)OC)Cc1noc(-c2ccco2)n1. The third-order valence-electron chi connectivity index (χ3n) is 2.59. The minimum absolute atomic E-state index is 0.192. The van der Waals surface area contributed by atoms with Gasteiger partial charge >= 0.3 is 5.97 Å². The number of carbonyl (C=O) groups is 1. The lowest BCUT2D eigenvalue weighted by atomic mass is 10.4. The van der Waals surface area contributed by atoms with E-state index in [1.165, 1.54) is 13.4 Å². The van der Waals surface area contributed by atoms with E-state index in [1.54, 1.807) is 12.1 Å². The normalized spacial score (nSPS) is 10.9. The van der Waals surface area contributed by atoms with Gasteiger partial charge in [0.25, 0.3) is 5.89 Å². The van der Waals surface area contributed by atoms with Crippen LogP contribution in [0, 0.1) is 0 Å². The molecule has 0 N–H and O–H groups in total. The van der Waals surface area contributed by atoms with Crippen LogP contribution in [-0.2, 0) is 16.1 Å². The van der Waals surface area contributed by atoms with Gasteiger partial charge in [-0.2, -0.15) is 4.98 Å². The van der Waals surface area contributed by atoms with E-state index in [1.807, 2.05) is 11.8 Å². The Hall–Kier alpha value is -2.15. The summed E-state index contributed by atoms with van der Waals surface area (Å²) in [6, 6.07) is 3.48. The topological polar surface area (TPSA) is 81.6 Å². The molecule has 0 aliphatic heterocycles. The molecule has 0 saturated heterocycles. The summed E-state index contributed by atoms with van der Waals surface area (Å²) in [5, 5.41) is 3.85. The lowest BCUT2D eigenvalue weighted by Gasteiger charge is -2.16. The van der Waals surface area contributed by atoms with E-state index in [4.69, 9.17) is 8.94 Å². The molecule has 102 valence electrons. The minimum atomic E-state index is -0.295. The van der Waals surface area contributed by atoms with Gasteiger partial charge in [-0.1, -0.05) is 12.1 Å². The standard InChI is InChI=1S/C12H15N3O4/c1-3-15(8-11(16)17-2)7-10-13-12(19-14-10)9-5-4-6-18-9/h4-6H,3,7-8H2,1-2H3. The number of hydrogen-bond acceptors (Lipinski definition) is 7. The number of esters is 1. The average molecular weight is 265 g/mol. The number of likely N-dealkylation sites (N-methyl/N-ethyl adjacent to an activating group) is 1. The fourth-order valence-corrected chi connectivity index (χ4v) is 1.55. The average Bonchev–Trinajstić information content (AvgIpc) is 3.08. The molecule has 7 heteroatoms. The van der Waals surface area contributed by atoms with Crippen LogP contribution in [0.3, 0.4) is 0 Å². The predicted octanol–water partition coefficient (Wildman–Crippen LogP) is 1.32. The number of ether oxygens (including phenoxy) is 1. The second kappa shape index (κ2) is 6.14. The van der Waals surface area contributed by atoms with Crippen LogP contribution in [0.25, 0.3) is 11.7 Å². The molecule has 0 unspecified atom stereocenters. The van der Waals surface area contributed by atoms with Gasteiger partial charge in [-0.3, -0.25) is 9.69 Å². The van der Waals surface area contributed by atoms with Gasteiger partial charge in [-0.25, -0.2) is 0 Å². The summed E-state index contributed by atoms with van der Waals surface area (Å²) in [5.41, 5.74) is 0. The van der Waals surface area contributed by atoms with Crippen molar-refractivity contribution in [2.24, 2.45) is 0 Å². The Bertz CT molecular complexity index is 521. The van der Waals surface area contributed by atoms with Gasteiger partial charge in [0.2, 0.25) is 0 Å². The zero-order valence-electron chi connectivity index (χ0n) is 10.8. The Morgan fingerprint density at radius 2 is 2.37 bits per heavy atom. The summed E-state index contributed by atoms with van der Waals surface area (Å²) in [6.07, 6.45) is 1.54. The Morgan fingerprint density at radius 3 is 3.00 bits per heavy atom. The van der Waals surface area contributed by atoms with E-state index in [2.05, 4.69) is 14.9 Å². The molecule has 2 heterocycles. The zero-order valence-corrected chi connectivity index (χ0v) is 10.8. The molecule has 0 aliphatic carbocycles. The Morgan fingerprint density at radius 1 is 1.53 bits per heavy atom.